The van der Waals surface area contributed by atoms with Crippen molar-refractivity contribution in [3.63, 3.8) is 0 Å². The molecular weight excluding hydrogens is 490 g/mol. The van der Waals surface area contributed by atoms with Crippen LogP contribution in [0.1, 0.15) is 31.2 Å². The van der Waals surface area contributed by atoms with Gasteiger partial charge in [0, 0.05) is 32.1 Å². The predicted molar refractivity (Wildman–Crippen MR) is 133 cm³/mol. The zero-order valence-electron chi connectivity index (χ0n) is 19.7. The standard InChI is InChI=1S/C24H31N3O6S2/c1-33-23-10-9-21(35(31,32)27-13-5-6-14-27)17-22(23)25-24(28)20-11-15-26(16-12-20)34(29,30)18-19-7-3-2-4-8-19/h2-4,7-10,17,20H,5-6,11-16,18H2,1H3,(H,25,28). The SMILES string of the molecule is COc1ccc(S(=O)(=O)N2CCCC2)cc1NC(=O)C1CCN(S(=O)(=O)Cc2ccccc2)CC1. The second-order valence-electron chi connectivity index (χ2n) is 8.88. The molecule has 0 spiro atoms. The van der Waals surface area contributed by atoms with E-state index in [1.807, 2.05) is 6.07 Å². The number of carbonyl (C=O) groups is 1. The van der Waals surface area contributed by atoms with Gasteiger partial charge in [-0.2, -0.15) is 4.31 Å². The van der Waals surface area contributed by atoms with Gasteiger partial charge in [-0.3, -0.25) is 4.79 Å². The summed E-state index contributed by atoms with van der Waals surface area (Å²) in [6.07, 6.45) is 2.43. The van der Waals surface area contributed by atoms with Crippen LogP contribution in [0.5, 0.6) is 5.75 Å². The third-order valence-corrected chi connectivity index (χ3v) is 10.3. The molecule has 0 aliphatic carbocycles. The summed E-state index contributed by atoms with van der Waals surface area (Å²) in [6, 6.07) is 13.5. The van der Waals surface area contributed by atoms with Crippen LogP contribution in [0.15, 0.2) is 53.4 Å². The van der Waals surface area contributed by atoms with E-state index in [1.165, 1.54) is 33.9 Å². The van der Waals surface area contributed by atoms with E-state index in [4.69, 9.17) is 4.74 Å². The van der Waals surface area contributed by atoms with Crippen molar-refractivity contribution in [1.29, 1.82) is 0 Å². The highest BCUT2D eigenvalue weighted by Crippen LogP contribution is 2.31. The Morgan fingerprint density at radius 3 is 2.23 bits per heavy atom. The number of hydrogen-bond donors (Lipinski definition) is 1. The van der Waals surface area contributed by atoms with Crippen molar-refractivity contribution in [2.75, 3.05) is 38.6 Å². The molecule has 0 radical (unpaired) electrons. The van der Waals surface area contributed by atoms with Crippen LogP contribution in [0, 0.1) is 5.92 Å². The van der Waals surface area contributed by atoms with E-state index in [-0.39, 0.29) is 41.3 Å². The lowest BCUT2D eigenvalue weighted by Crippen LogP contribution is -2.41. The van der Waals surface area contributed by atoms with Crippen molar-refractivity contribution in [3.05, 3.63) is 54.1 Å². The van der Waals surface area contributed by atoms with E-state index >= 15 is 0 Å². The third-order valence-electron chi connectivity index (χ3n) is 6.54. The van der Waals surface area contributed by atoms with Crippen LogP contribution in [-0.4, -0.2) is 64.6 Å². The minimum atomic E-state index is -3.64. The summed E-state index contributed by atoms with van der Waals surface area (Å²) < 4.78 is 59.7. The van der Waals surface area contributed by atoms with Gasteiger partial charge in [0.2, 0.25) is 26.0 Å². The summed E-state index contributed by atoms with van der Waals surface area (Å²) in [6.45, 7) is 1.49. The number of amides is 1. The highest BCUT2D eigenvalue weighted by Gasteiger charge is 2.32. The molecule has 2 fully saturated rings. The topological polar surface area (TPSA) is 113 Å². The Morgan fingerprint density at radius 2 is 1.60 bits per heavy atom. The summed E-state index contributed by atoms with van der Waals surface area (Å²) >= 11 is 0. The van der Waals surface area contributed by atoms with Gasteiger partial charge in [0.15, 0.2) is 0 Å². The number of hydrogen-bond acceptors (Lipinski definition) is 6. The molecule has 2 aromatic carbocycles. The van der Waals surface area contributed by atoms with Crippen molar-refractivity contribution in [3.8, 4) is 5.75 Å². The van der Waals surface area contributed by atoms with Crippen LogP contribution >= 0.6 is 0 Å². The van der Waals surface area contributed by atoms with Crippen molar-refractivity contribution < 1.29 is 26.4 Å². The van der Waals surface area contributed by atoms with Crippen LogP contribution in [0.2, 0.25) is 0 Å². The van der Waals surface area contributed by atoms with Crippen LogP contribution in [-0.2, 0) is 30.6 Å². The third kappa shape index (κ3) is 5.85. The van der Waals surface area contributed by atoms with Gasteiger partial charge in [0.25, 0.3) is 0 Å². The molecule has 0 atom stereocenters. The van der Waals surface area contributed by atoms with Gasteiger partial charge in [-0.25, -0.2) is 21.1 Å². The van der Waals surface area contributed by atoms with Gasteiger partial charge >= 0.3 is 0 Å². The molecule has 2 saturated heterocycles. The Balaban J connectivity index is 1.41. The first-order valence-corrected chi connectivity index (χ1v) is 14.8. The lowest BCUT2D eigenvalue weighted by molar-refractivity contribution is -0.120. The number of methoxy groups -OCH3 is 1. The molecule has 2 aromatic rings. The summed E-state index contributed by atoms with van der Waals surface area (Å²) in [7, 11) is -5.66. The molecule has 1 N–H and O–H groups in total. The zero-order valence-corrected chi connectivity index (χ0v) is 21.4. The Labute approximate surface area is 207 Å². The summed E-state index contributed by atoms with van der Waals surface area (Å²) in [5.74, 6) is -0.373. The molecule has 4 rings (SSSR count). The molecule has 2 aliphatic rings. The number of piperidine rings is 1. The van der Waals surface area contributed by atoms with E-state index in [0.717, 1.165) is 18.4 Å². The molecule has 0 bridgehead atoms. The number of carbonyl (C=O) groups excluding carboxylic acids is 1. The lowest BCUT2D eigenvalue weighted by Gasteiger charge is -2.30. The van der Waals surface area contributed by atoms with Gasteiger partial charge in [-0.15, -0.1) is 0 Å². The molecular formula is C24H31N3O6S2. The molecule has 190 valence electrons. The fourth-order valence-electron chi connectivity index (χ4n) is 4.53. The van der Waals surface area contributed by atoms with Crippen molar-refractivity contribution >= 4 is 31.6 Å². The number of anilines is 1. The van der Waals surface area contributed by atoms with Crippen LogP contribution < -0.4 is 10.1 Å². The summed E-state index contributed by atoms with van der Waals surface area (Å²) in [4.78, 5) is 13.1. The zero-order chi connectivity index (χ0) is 25.1. The Hall–Kier alpha value is -2.47. The number of nitrogens with one attached hydrogen (secondary N) is 1. The molecule has 2 heterocycles. The number of sulfonamides is 2. The van der Waals surface area contributed by atoms with Crippen LogP contribution in [0.3, 0.4) is 0 Å². The van der Waals surface area contributed by atoms with E-state index in [1.54, 1.807) is 24.3 Å². The van der Waals surface area contributed by atoms with Crippen molar-refractivity contribution in [1.82, 2.24) is 8.61 Å². The summed E-state index contributed by atoms with van der Waals surface area (Å²) in [5, 5.41) is 2.81. The average Bonchev–Trinajstić information content (AvgIpc) is 3.40. The molecule has 0 aromatic heterocycles. The average molecular weight is 522 g/mol. The number of nitrogens with zero attached hydrogens (tertiary/aromatic N) is 2. The van der Waals surface area contributed by atoms with Gasteiger partial charge in [-0.1, -0.05) is 30.3 Å². The second-order valence-corrected chi connectivity index (χ2v) is 12.8. The maximum atomic E-state index is 13.0. The van der Waals surface area contributed by atoms with E-state index in [2.05, 4.69) is 5.32 Å². The van der Waals surface area contributed by atoms with Gasteiger partial charge < -0.3 is 10.1 Å². The van der Waals surface area contributed by atoms with Gasteiger partial charge in [0.05, 0.1) is 23.4 Å². The first-order chi connectivity index (χ1) is 16.7. The molecule has 9 nitrogen and oxygen atoms in total. The highest BCUT2D eigenvalue weighted by atomic mass is 32.2. The number of ether oxygens (including phenoxy) is 1. The van der Waals surface area contributed by atoms with Crippen molar-refractivity contribution in [2.45, 2.75) is 36.3 Å². The van der Waals surface area contributed by atoms with Crippen LogP contribution in [0.25, 0.3) is 0 Å². The normalized spacial score (nSPS) is 18.4. The maximum Gasteiger partial charge on any atom is 0.243 e. The Morgan fingerprint density at radius 1 is 0.943 bits per heavy atom. The predicted octanol–water partition coefficient (Wildman–Crippen LogP) is 2.66. The molecule has 1 amide bonds. The molecule has 11 heteroatoms. The first-order valence-electron chi connectivity index (χ1n) is 11.7. The number of rotatable bonds is 8. The minimum absolute atomic E-state index is 0.0693. The minimum Gasteiger partial charge on any atom is -0.495 e. The van der Waals surface area contributed by atoms with E-state index in [0.29, 0.717) is 31.7 Å². The second kappa shape index (κ2) is 10.7. The number of benzene rings is 2. The monoisotopic (exact) mass is 521 g/mol. The Kier molecular flexibility index (Phi) is 7.80. The molecule has 0 unspecified atom stereocenters. The molecule has 35 heavy (non-hydrogen) atoms. The van der Waals surface area contributed by atoms with Crippen molar-refractivity contribution in [2.24, 2.45) is 5.92 Å². The molecule has 0 saturated carbocycles. The molecule has 2 aliphatic heterocycles. The summed E-state index contributed by atoms with van der Waals surface area (Å²) in [5.41, 5.74) is 1.01. The quantitative estimate of drug-likeness (QED) is 0.572. The highest BCUT2D eigenvalue weighted by molar-refractivity contribution is 7.89. The fourth-order valence-corrected chi connectivity index (χ4v) is 7.64. The fraction of sp³-hybridized carbons (Fsp3) is 0.458. The van der Waals surface area contributed by atoms with Gasteiger partial charge in [-0.05, 0) is 49.4 Å². The van der Waals surface area contributed by atoms with E-state index in [9.17, 15) is 21.6 Å². The van der Waals surface area contributed by atoms with Crippen LogP contribution in [0.4, 0.5) is 5.69 Å². The van der Waals surface area contributed by atoms with E-state index < -0.39 is 20.0 Å². The first kappa shape index (κ1) is 25.6. The Bertz CT molecular complexity index is 1250. The van der Waals surface area contributed by atoms with Gasteiger partial charge in [0.1, 0.15) is 5.75 Å². The largest absolute Gasteiger partial charge is 0.495 e. The lowest BCUT2D eigenvalue weighted by atomic mass is 9.97. The smallest absolute Gasteiger partial charge is 0.243 e. The maximum absolute atomic E-state index is 13.0.